The zero-order chi connectivity index (χ0) is 11.5. The fraction of sp³-hybridized carbons (Fsp3) is 0.750. The molecule has 2 heterocycles. The molecule has 1 aliphatic heterocycles. The quantitative estimate of drug-likeness (QED) is 0.863. The van der Waals surface area contributed by atoms with E-state index in [0.717, 1.165) is 11.7 Å². The van der Waals surface area contributed by atoms with E-state index in [4.69, 9.17) is 5.73 Å². The van der Waals surface area contributed by atoms with Crippen molar-refractivity contribution in [2.24, 2.45) is 5.73 Å². The van der Waals surface area contributed by atoms with E-state index in [0.29, 0.717) is 6.04 Å². The molecule has 2 atom stereocenters. The second-order valence-electron chi connectivity index (χ2n) is 4.73. The van der Waals surface area contributed by atoms with Crippen molar-refractivity contribution in [3.63, 3.8) is 0 Å². The van der Waals surface area contributed by atoms with Crippen LogP contribution in [0.15, 0.2) is 6.20 Å². The first kappa shape index (κ1) is 11.9. The average Bonchev–Trinajstić information content (AvgIpc) is 2.63. The molecule has 1 aromatic rings. The topological polar surface area (TPSA) is 42.1 Å². The van der Waals surface area contributed by atoms with E-state index in [1.807, 2.05) is 13.1 Å². The Balaban J connectivity index is 2.14. The minimum absolute atomic E-state index is 0.105. The van der Waals surface area contributed by atoms with Gasteiger partial charge < -0.3 is 10.6 Å². The normalized spacial score (nSPS) is 24.2. The molecule has 3 nitrogen and oxygen atoms in total. The molecule has 0 radical (unpaired) electrons. The maximum atomic E-state index is 5.87. The lowest BCUT2D eigenvalue weighted by Gasteiger charge is -2.26. The molecule has 16 heavy (non-hydrogen) atoms. The first-order valence-electron chi connectivity index (χ1n) is 6.16. The lowest BCUT2D eigenvalue weighted by molar-refractivity contribution is 0.615. The van der Waals surface area contributed by atoms with Crippen LogP contribution in [0.2, 0.25) is 0 Å². The number of rotatable bonds is 2. The summed E-state index contributed by atoms with van der Waals surface area (Å²) in [7, 11) is 0. The molecule has 1 aromatic heterocycles. The summed E-state index contributed by atoms with van der Waals surface area (Å²) in [6, 6.07) is 0.725. The summed E-state index contributed by atoms with van der Waals surface area (Å²) >= 11 is 1.75. The van der Waals surface area contributed by atoms with Crippen LogP contribution in [-0.2, 0) is 0 Å². The highest BCUT2D eigenvalue weighted by atomic mass is 32.1. The summed E-state index contributed by atoms with van der Waals surface area (Å²) in [4.78, 5) is 8.15. The van der Waals surface area contributed by atoms with Crippen LogP contribution in [0.25, 0.3) is 0 Å². The molecule has 0 aliphatic carbocycles. The van der Waals surface area contributed by atoms with Crippen molar-refractivity contribution in [3.8, 4) is 0 Å². The van der Waals surface area contributed by atoms with Crippen molar-refractivity contribution in [1.29, 1.82) is 0 Å². The van der Waals surface area contributed by atoms with E-state index in [-0.39, 0.29) is 6.04 Å². The van der Waals surface area contributed by atoms with Crippen LogP contribution in [0, 0.1) is 0 Å². The van der Waals surface area contributed by atoms with Gasteiger partial charge in [-0.05, 0) is 26.7 Å². The number of aromatic nitrogens is 1. The van der Waals surface area contributed by atoms with Crippen LogP contribution in [0.3, 0.4) is 0 Å². The summed E-state index contributed by atoms with van der Waals surface area (Å²) in [5.41, 5.74) is 5.87. The molecule has 2 rings (SSSR count). The Morgan fingerprint density at radius 3 is 3.00 bits per heavy atom. The van der Waals surface area contributed by atoms with E-state index >= 15 is 0 Å². The van der Waals surface area contributed by atoms with Gasteiger partial charge in [0.15, 0.2) is 5.13 Å². The molecule has 0 saturated carbocycles. The van der Waals surface area contributed by atoms with Gasteiger partial charge >= 0.3 is 0 Å². The third-order valence-electron chi connectivity index (χ3n) is 3.26. The maximum absolute atomic E-state index is 5.87. The zero-order valence-corrected chi connectivity index (χ0v) is 11.0. The van der Waals surface area contributed by atoms with Crippen molar-refractivity contribution in [2.45, 2.75) is 51.6 Å². The first-order chi connectivity index (χ1) is 7.68. The lowest BCUT2D eigenvalue weighted by Crippen LogP contribution is -2.32. The third kappa shape index (κ3) is 2.55. The Bertz CT molecular complexity index is 335. The van der Waals surface area contributed by atoms with Gasteiger partial charge in [0.25, 0.3) is 0 Å². The molecule has 1 aliphatic rings. The largest absolute Gasteiger partial charge is 0.345 e. The van der Waals surface area contributed by atoms with Crippen molar-refractivity contribution in [2.75, 3.05) is 11.4 Å². The Kier molecular flexibility index (Phi) is 3.82. The Morgan fingerprint density at radius 2 is 2.31 bits per heavy atom. The second kappa shape index (κ2) is 5.15. The van der Waals surface area contributed by atoms with Crippen LogP contribution in [0.5, 0.6) is 0 Å². The first-order valence-corrected chi connectivity index (χ1v) is 6.98. The predicted octanol–water partition coefficient (Wildman–Crippen LogP) is 2.93. The average molecular weight is 239 g/mol. The molecule has 90 valence electrons. The predicted molar refractivity (Wildman–Crippen MR) is 70.0 cm³/mol. The number of nitrogens with zero attached hydrogens (tertiary/aromatic N) is 2. The lowest BCUT2D eigenvalue weighted by atomic mass is 10.1. The van der Waals surface area contributed by atoms with Crippen LogP contribution in [0.1, 0.15) is 50.4 Å². The highest BCUT2D eigenvalue weighted by Gasteiger charge is 2.20. The number of hydrogen-bond acceptors (Lipinski definition) is 4. The Morgan fingerprint density at radius 1 is 1.50 bits per heavy atom. The molecule has 0 bridgehead atoms. The van der Waals surface area contributed by atoms with E-state index in [1.54, 1.807) is 11.3 Å². The van der Waals surface area contributed by atoms with Gasteiger partial charge in [0.1, 0.15) is 0 Å². The van der Waals surface area contributed by atoms with Gasteiger partial charge in [0.05, 0.1) is 0 Å². The summed E-state index contributed by atoms with van der Waals surface area (Å²) in [5, 5.41) is 1.15. The molecule has 0 amide bonds. The Hall–Kier alpha value is -0.610. The van der Waals surface area contributed by atoms with Crippen LogP contribution >= 0.6 is 11.3 Å². The van der Waals surface area contributed by atoms with Gasteiger partial charge in [0.2, 0.25) is 0 Å². The monoisotopic (exact) mass is 239 g/mol. The van der Waals surface area contributed by atoms with Gasteiger partial charge in [-0.1, -0.05) is 12.8 Å². The SMILES string of the molecule is CC(N)c1cnc(N2CCCCCC2C)s1. The van der Waals surface area contributed by atoms with Crippen molar-refractivity contribution < 1.29 is 0 Å². The standard InChI is InChI=1S/C12H21N3S/c1-9-6-4-3-5-7-15(9)12-14-8-11(16-12)10(2)13/h8-10H,3-7,13H2,1-2H3. The minimum Gasteiger partial charge on any atom is -0.345 e. The maximum Gasteiger partial charge on any atom is 0.185 e. The second-order valence-corrected chi connectivity index (χ2v) is 5.77. The molecule has 1 saturated heterocycles. The minimum atomic E-state index is 0.105. The number of thiazole rings is 1. The summed E-state index contributed by atoms with van der Waals surface area (Å²) < 4.78 is 0. The van der Waals surface area contributed by atoms with Crippen molar-refractivity contribution in [1.82, 2.24) is 4.98 Å². The van der Waals surface area contributed by atoms with Gasteiger partial charge in [0, 0.05) is 29.7 Å². The molecular formula is C12H21N3S. The van der Waals surface area contributed by atoms with Gasteiger partial charge in [-0.25, -0.2) is 4.98 Å². The van der Waals surface area contributed by atoms with Gasteiger partial charge in [-0.15, -0.1) is 11.3 Å². The molecule has 1 fully saturated rings. The van der Waals surface area contributed by atoms with Gasteiger partial charge in [-0.2, -0.15) is 0 Å². The molecular weight excluding hydrogens is 218 g/mol. The summed E-state index contributed by atoms with van der Waals surface area (Å²) in [6.45, 7) is 5.47. The molecule has 0 spiro atoms. The van der Waals surface area contributed by atoms with Gasteiger partial charge in [-0.3, -0.25) is 0 Å². The highest BCUT2D eigenvalue weighted by Crippen LogP contribution is 2.30. The van der Waals surface area contributed by atoms with E-state index in [1.165, 1.54) is 30.6 Å². The molecule has 2 unspecified atom stereocenters. The van der Waals surface area contributed by atoms with Crippen molar-refractivity contribution in [3.05, 3.63) is 11.1 Å². The third-order valence-corrected chi connectivity index (χ3v) is 4.49. The number of hydrogen-bond donors (Lipinski definition) is 1. The van der Waals surface area contributed by atoms with E-state index in [2.05, 4.69) is 16.8 Å². The zero-order valence-electron chi connectivity index (χ0n) is 10.1. The summed E-state index contributed by atoms with van der Waals surface area (Å²) in [5.74, 6) is 0. The molecule has 0 aromatic carbocycles. The fourth-order valence-corrected chi connectivity index (χ4v) is 3.18. The van der Waals surface area contributed by atoms with Crippen LogP contribution in [-0.4, -0.2) is 17.6 Å². The van der Waals surface area contributed by atoms with Crippen molar-refractivity contribution >= 4 is 16.5 Å². The number of nitrogens with two attached hydrogens (primary N) is 1. The highest BCUT2D eigenvalue weighted by molar-refractivity contribution is 7.15. The van der Waals surface area contributed by atoms with E-state index < -0.39 is 0 Å². The van der Waals surface area contributed by atoms with Crippen LogP contribution in [0.4, 0.5) is 5.13 Å². The molecule has 2 N–H and O–H groups in total. The summed E-state index contributed by atoms with van der Waals surface area (Å²) in [6.07, 6.45) is 7.21. The fourth-order valence-electron chi connectivity index (χ4n) is 2.18. The Labute approximate surface area is 102 Å². The molecule has 4 heteroatoms. The van der Waals surface area contributed by atoms with Crippen LogP contribution < -0.4 is 10.6 Å². The van der Waals surface area contributed by atoms with E-state index in [9.17, 15) is 0 Å². The number of anilines is 1. The smallest absolute Gasteiger partial charge is 0.185 e.